The van der Waals surface area contributed by atoms with Gasteiger partial charge in [0, 0.05) is 18.1 Å². The molecule has 0 aliphatic carbocycles. The van der Waals surface area contributed by atoms with Gasteiger partial charge >= 0.3 is 0 Å². The van der Waals surface area contributed by atoms with Crippen molar-refractivity contribution in [3.63, 3.8) is 0 Å². The number of fused-ring (bicyclic) bond motifs is 2. The molecular weight excluding hydrogens is 136 g/mol. The monoisotopic (exact) mass is 154 g/mol. The molecule has 2 heteroatoms. The van der Waals surface area contributed by atoms with Gasteiger partial charge in [0.25, 0.3) is 0 Å². The highest BCUT2D eigenvalue weighted by Crippen LogP contribution is 2.36. The summed E-state index contributed by atoms with van der Waals surface area (Å²) in [6.45, 7) is 2.30. The third-order valence-electron chi connectivity index (χ3n) is 3.72. The van der Waals surface area contributed by atoms with Gasteiger partial charge in [-0.05, 0) is 32.2 Å². The molecule has 2 bridgehead atoms. The van der Waals surface area contributed by atoms with Crippen LogP contribution in [0.5, 0.6) is 0 Å². The Balaban J connectivity index is 2.16. The smallest absolute Gasteiger partial charge is 0.0136 e. The summed E-state index contributed by atoms with van der Waals surface area (Å²) < 4.78 is 0. The molecule has 2 N–H and O–H groups in total. The first-order valence-corrected chi connectivity index (χ1v) is 4.67. The molecule has 0 amide bonds. The number of rotatable bonds is 0. The van der Waals surface area contributed by atoms with Crippen molar-refractivity contribution in [2.45, 2.75) is 44.3 Å². The normalized spacial score (nSPS) is 51.5. The van der Waals surface area contributed by atoms with Crippen LogP contribution in [-0.2, 0) is 0 Å². The Bertz CT molecular complexity index is 158. The second kappa shape index (κ2) is 2.46. The maximum atomic E-state index is 6.03. The van der Waals surface area contributed by atoms with E-state index in [1.807, 2.05) is 0 Å². The van der Waals surface area contributed by atoms with Crippen molar-refractivity contribution in [2.75, 3.05) is 7.05 Å². The molecule has 0 aromatic heterocycles. The van der Waals surface area contributed by atoms with Crippen molar-refractivity contribution in [2.24, 2.45) is 11.7 Å². The molecule has 0 saturated carbocycles. The fourth-order valence-corrected chi connectivity index (χ4v) is 2.77. The Morgan fingerprint density at radius 3 is 2.82 bits per heavy atom. The minimum Gasteiger partial charge on any atom is -0.327 e. The first-order chi connectivity index (χ1) is 5.20. The summed E-state index contributed by atoms with van der Waals surface area (Å²) in [6.07, 6.45) is 3.96. The lowest BCUT2D eigenvalue weighted by Gasteiger charge is -2.39. The van der Waals surface area contributed by atoms with E-state index in [1.165, 1.54) is 19.3 Å². The molecule has 0 aromatic carbocycles. The first kappa shape index (κ1) is 7.56. The molecule has 2 saturated heterocycles. The molecule has 2 fully saturated rings. The Morgan fingerprint density at radius 2 is 2.09 bits per heavy atom. The van der Waals surface area contributed by atoms with Crippen LogP contribution in [0.3, 0.4) is 0 Å². The molecule has 2 aliphatic rings. The summed E-state index contributed by atoms with van der Waals surface area (Å²) in [6, 6.07) is 2.04. The number of piperidine rings is 1. The highest BCUT2D eigenvalue weighted by Gasteiger charge is 2.41. The van der Waals surface area contributed by atoms with E-state index >= 15 is 0 Å². The minimum absolute atomic E-state index is 0.462. The predicted molar refractivity (Wildman–Crippen MR) is 46.3 cm³/mol. The predicted octanol–water partition coefficient (Wildman–Crippen LogP) is 0.816. The average molecular weight is 154 g/mol. The molecule has 2 nitrogen and oxygen atoms in total. The molecule has 4 unspecified atom stereocenters. The van der Waals surface area contributed by atoms with Crippen molar-refractivity contribution in [3.05, 3.63) is 0 Å². The van der Waals surface area contributed by atoms with Gasteiger partial charge in [0.2, 0.25) is 0 Å². The van der Waals surface area contributed by atoms with E-state index in [1.54, 1.807) is 0 Å². The fraction of sp³-hybridized carbons (Fsp3) is 1.00. The Labute approximate surface area is 68.7 Å². The maximum Gasteiger partial charge on any atom is 0.0136 e. The molecule has 2 aliphatic heterocycles. The van der Waals surface area contributed by atoms with E-state index in [2.05, 4.69) is 18.9 Å². The summed E-state index contributed by atoms with van der Waals surface area (Å²) in [7, 11) is 2.25. The maximum absolute atomic E-state index is 6.03. The second-order valence-corrected chi connectivity index (χ2v) is 4.22. The van der Waals surface area contributed by atoms with E-state index in [9.17, 15) is 0 Å². The van der Waals surface area contributed by atoms with Gasteiger partial charge in [0.1, 0.15) is 0 Å². The van der Waals surface area contributed by atoms with Crippen molar-refractivity contribution in [3.8, 4) is 0 Å². The molecule has 0 radical (unpaired) electrons. The van der Waals surface area contributed by atoms with Crippen molar-refractivity contribution in [1.29, 1.82) is 0 Å². The van der Waals surface area contributed by atoms with Gasteiger partial charge in [0.15, 0.2) is 0 Å². The summed E-state index contributed by atoms with van der Waals surface area (Å²) in [5.74, 6) is 0.707. The largest absolute Gasteiger partial charge is 0.327 e. The van der Waals surface area contributed by atoms with Gasteiger partial charge < -0.3 is 10.6 Å². The lowest BCUT2D eigenvalue weighted by molar-refractivity contribution is 0.112. The van der Waals surface area contributed by atoms with Crippen LogP contribution in [0, 0.1) is 5.92 Å². The van der Waals surface area contributed by atoms with Gasteiger partial charge in [-0.25, -0.2) is 0 Å². The molecule has 11 heavy (non-hydrogen) atoms. The number of hydrogen-bond donors (Lipinski definition) is 1. The van der Waals surface area contributed by atoms with Crippen LogP contribution in [-0.4, -0.2) is 30.1 Å². The zero-order valence-electron chi connectivity index (χ0n) is 7.46. The van der Waals surface area contributed by atoms with Crippen molar-refractivity contribution in [1.82, 2.24) is 4.90 Å². The highest BCUT2D eigenvalue weighted by molar-refractivity contribution is 4.98. The fourth-order valence-electron chi connectivity index (χ4n) is 2.77. The summed E-state index contributed by atoms with van der Waals surface area (Å²) in [5.41, 5.74) is 6.03. The summed E-state index contributed by atoms with van der Waals surface area (Å²) >= 11 is 0. The van der Waals surface area contributed by atoms with Crippen LogP contribution < -0.4 is 5.73 Å². The third kappa shape index (κ3) is 1.00. The number of hydrogen-bond acceptors (Lipinski definition) is 2. The molecule has 0 aromatic rings. The van der Waals surface area contributed by atoms with E-state index in [0.29, 0.717) is 12.0 Å². The molecule has 2 rings (SSSR count). The zero-order valence-corrected chi connectivity index (χ0v) is 7.46. The molecule has 0 spiro atoms. The molecule has 64 valence electrons. The van der Waals surface area contributed by atoms with E-state index < -0.39 is 0 Å². The molecular formula is C9H18N2. The Morgan fingerprint density at radius 1 is 1.36 bits per heavy atom. The van der Waals surface area contributed by atoms with Crippen molar-refractivity contribution < 1.29 is 0 Å². The van der Waals surface area contributed by atoms with Crippen LogP contribution in [0.1, 0.15) is 26.2 Å². The second-order valence-electron chi connectivity index (χ2n) is 4.22. The lowest BCUT2D eigenvalue weighted by atomic mass is 9.88. The molecule has 2 heterocycles. The average Bonchev–Trinajstić information content (AvgIpc) is 2.23. The number of nitrogens with zero attached hydrogens (tertiary/aromatic N) is 1. The van der Waals surface area contributed by atoms with E-state index in [0.717, 1.165) is 12.1 Å². The van der Waals surface area contributed by atoms with Crippen LogP contribution in [0.15, 0.2) is 0 Å². The van der Waals surface area contributed by atoms with Crippen LogP contribution in [0.25, 0.3) is 0 Å². The highest BCUT2D eigenvalue weighted by atomic mass is 15.2. The summed E-state index contributed by atoms with van der Waals surface area (Å²) in [4.78, 5) is 2.54. The zero-order chi connectivity index (χ0) is 8.01. The van der Waals surface area contributed by atoms with Gasteiger partial charge in [0.05, 0.1) is 0 Å². The minimum atomic E-state index is 0.462. The topological polar surface area (TPSA) is 29.3 Å². The van der Waals surface area contributed by atoms with Crippen LogP contribution >= 0.6 is 0 Å². The van der Waals surface area contributed by atoms with E-state index in [-0.39, 0.29) is 0 Å². The Hall–Kier alpha value is -0.0800. The SMILES string of the molecule is CC1C(N)CC2CCC1N2C. The third-order valence-corrected chi connectivity index (χ3v) is 3.72. The lowest BCUT2D eigenvalue weighted by Crippen LogP contribution is -2.51. The standard InChI is InChI=1S/C9H18N2/c1-6-8(10)5-7-3-4-9(6)11(7)2/h6-9H,3-5,10H2,1-2H3. The van der Waals surface area contributed by atoms with Gasteiger partial charge in [-0.2, -0.15) is 0 Å². The van der Waals surface area contributed by atoms with Crippen LogP contribution in [0.4, 0.5) is 0 Å². The summed E-state index contributed by atoms with van der Waals surface area (Å²) in [5, 5.41) is 0. The Kier molecular flexibility index (Phi) is 1.69. The van der Waals surface area contributed by atoms with Crippen LogP contribution in [0.2, 0.25) is 0 Å². The first-order valence-electron chi connectivity index (χ1n) is 4.67. The number of nitrogens with two attached hydrogens (primary N) is 1. The molecule has 4 atom stereocenters. The van der Waals surface area contributed by atoms with Crippen molar-refractivity contribution >= 4 is 0 Å². The van der Waals surface area contributed by atoms with E-state index in [4.69, 9.17) is 5.73 Å². The quantitative estimate of drug-likeness (QED) is 0.559. The van der Waals surface area contributed by atoms with Gasteiger partial charge in [-0.3, -0.25) is 0 Å². The van der Waals surface area contributed by atoms with Gasteiger partial charge in [-0.1, -0.05) is 6.92 Å². The van der Waals surface area contributed by atoms with Gasteiger partial charge in [-0.15, -0.1) is 0 Å².